The predicted molar refractivity (Wildman–Crippen MR) is 139 cm³/mol. The zero-order chi connectivity index (χ0) is 25.6. The number of rotatable bonds is 13. The molecular formula is C29H38FN3O4. The summed E-state index contributed by atoms with van der Waals surface area (Å²) in [7, 11) is 0. The van der Waals surface area contributed by atoms with Crippen molar-refractivity contribution in [1.82, 2.24) is 9.88 Å². The number of carboxylic acid groups (broad SMARTS) is 1. The molecule has 0 unspecified atom stereocenters. The van der Waals surface area contributed by atoms with Crippen molar-refractivity contribution < 1.29 is 23.8 Å². The number of anilines is 1. The Balaban J connectivity index is 1.10. The smallest absolute Gasteiger partial charge is 0.325 e. The Hall–Kier alpha value is -2.55. The second kappa shape index (κ2) is 12.3. The summed E-state index contributed by atoms with van der Waals surface area (Å²) >= 11 is 0. The van der Waals surface area contributed by atoms with Crippen LogP contribution in [-0.2, 0) is 33.7 Å². The first-order chi connectivity index (χ1) is 18.1. The molecule has 200 valence electrons. The summed E-state index contributed by atoms with van der Waals surface area (Å²) in [5.74, 6) is 0.252. The summed E-state index contributed by atoms with van der Waals surface area (Å²) in [6.45, 7) is 3.74. The van der Waals surface area contributed by atoms with Gasteiger partial charge in [0.2, 0.25) is 0 Å². The van der Waals surface area contributed by atoms with Crippen molar-refractivity contribution in [2.45, 2.75) is 70.1 Å². The van der Waals surface area contributed by atoms with Gasteiger partial charge in [0.1, 0.15) is 17.7 Å². The number of ether oxygens (including phenoxy) is 2. The van der Waals surface area contributed by atoms with Crippen molar-refractivity contribution in [3.05, 3.63) is 58.5 Å². The van der Waals surface area contributed by atoms with Crippen LogP contribution in [0.15, 0.2) is 30.3 Å². The van der Waals surface area contributed by atoms with E-state index in [2.05, 4.69) is 17.4 Å². The fourth-order valence-electron chi connectivity index (χ4n) is 5.35. The van der Waals surface area contributed by atoms with Gasteiger partial charge in [0.05, 0.1) is 12.7 Å². The lowest BCUT2D eigenvalue weighted by molar-refractivity contribution is -0.143. The summed E-state index contributed by atoms with van der Waals surface area (Å²) in [5, 5.41) is 13.5. The quantitative estimate of drug-likeness (QED) is 0.376. The average molecular weight is 512 g/mol. The molecule has 0 spiro atoms. The largest absolute Gasteiger partial charge is 0.480 e. The molecule has 37 heavy (non-hydrogen) atoms. The lowest BCUT2D eigenvalue weighted by atomic mass is 9.99. The molecule has 2 N–H and O–H groups in total. The number of fused-ring (bicyclic) bond motifs is 1. The highest BCUT2D eigenvalue weighted by Crippen LogP contribution is 2.32. The van der Waals surface area contributed by atoms with Gasteiger partial charge in [0, 0.05) is 38.5 Å². The molecule has 3 aliphatic rings. The van der Waals surface area contributed by atoms with Crippen LogP contribution in [0.1, 0.15) is 67.0 Å². The van der Waals surface area contributed by atoms with Crippen LogP contribution in [0.25, 0.3) is 0 Å². The fraction of sp³-hybridized carbons (Fsp3) is 0.586. The Labute approximate surface area is 218 Å². The maximum Gasteiger partial charge on any atom is 0.325 e. The maximum atomic E-state index is 14.2. The molecule has 1 aromatic carbocycles. The van der Waals surface area contributed by atoms with Gasteiger partial charge in [-0.2, -0.15) is 0 Å². The number of hydrogen-bond acceptors (Lipinski definition) is 6. The number of aryl methyl sites for hydroxylation is 2. The first-order valence-electron chi connectivity index (χ1n) is 13.7. The number of benzene rings is 1. The number of aliphatic carboxylic acids is 1. The van der Waals surface area contributed by atoms with Crippen LogP contribution in [0.5, 0.6) is 0 Å². The number of nitrogens with one attached hydrogen (secondary N) is 1. The molecule has 7 nitrogen and oxygen atoms in total. The highest BCUT2D eigenvalue weighted by atomic mass is 19.1. The summed E-state index contributed by atoms with van der Waals surface area (Å²) < 4.78 is 26.1. The molecule has 1 saturated heterocycles. The third kappa shape index (κ3) is 7.06. The second-order valence-electron chi connectivity index (χ2n) is 10.6. The van der Waals surface area contributed by atoms with Crippen molar-refractivity contribution in [1.29, 1.82) is 0 Å². The Morgan fingerprint density at radius 2 is 2.11 bits per heavy atom. The molecule has 2 aliphatic heterocycles. The van der Waals surface area contributed by atoms with Crippen LogP contribution in [0.2, 0.25) is 0 Å². The lowest BCUT2D eigenvalue weighted by Crippen LogP contribution is -2.34. The van der Waals surface area contributed by atoms with E-state index in [4.69, 9.17) is 14.5 Å². The van der Waals surface area contributed by atoms with E-state index in [0.29, 0.717) is 44.4 Å². The van der Waals surface area contributed by atoms with E-state index in [-0.39, 0.29) is 6.10 Å². The summed E-state index contributed by atoms with van der Waals surface area (Å²) in [6.07, 6.45) is 8.22. The molecule has 3 heterocycles. The van der Waals surface area contributed by atoms with Gasteiger partial charge in [0.25, 0.3) is 0 Å². The van der Waals surface area contributed by atoms with Gasteiger partial charge in [-0.15, -0.1) is 0 Å². The van der Waals surface area contributed by atoms with E-state index in [1.54, 1.807) is 6.07 Å². The monoisotopic (exact) mass is 511 g/mol. The molecule has 1 saturated carbocycles. The molecule has 0 amide bonds. The molecule has 2 fully saturated rings. The molecule has 5 rings (SSSR count). The molecule has 2 aromatic rings. The summed E-state index contributed by atoms with van der Waals surface area (Å²) in [5.41, 5.74) is 3.64. The van der Waals surface area contributed by atoms with E-state index in [9.17, 15) is 14.3 Å². The van der Waals surface area contributed by atoms with Crippen molar-refractivity contribution in [3.63, 3.8) is 0 Å². The Bertz CT molecular complexity index is 1080. The third-order valence-electron chi connectivity index (χ3n) is 7.62. The zero-order valence-corrected chi connectivity index (χ0v) is 21.5. The van der Waals surface area contributed by atoms with E-state index in [1.165, 1.54) is 30.5 Å². The van der Waals surface area contributed by atoms with Crippen LogP contribution < -0.4 is 5.32 Å². The van der Waals surface area contributed by atoms with Crippen molar-refractivity contribution >= 4 is 11.8 Å². The van der Waals surface area contributed by atoms with Crippen LogP contribution >= 0.6 is 0 Å². The molecule has 2 atom stereocenters. The van der Waals surface area contributed by atoms with E-state index >= 15 is 0 Å². The van der Waals surface area contributed by atoms with Crippen LogP contribution in [-0.4, -0.2) is 59.9 Å². The van der Waals surface area contributed by atoms with E-state index in [1.807, 2.05) is 4.90 Å². The van der Waals surface area contributed by atoms with Gasteiger partial charge in [0.15, 0.2) is 0 Å². The first kappa shape index (κ1) is 26.1. The maximum absolute atomic E-state index is 14.2. The number of hydrogen-bond donors (Lipinski definition) is 2. The summed E-state index contributed by atoms with van der Waals surface area (Å²) in [4.78, 5) is 19.0. The number of carboxylic acids is 1. The Morgan fingerprint density at radius 1 is 1.22 bits per heavy atom. The SMILES string of the molecule is O=C(O)[C@H](c1cc(F)ccc1COCC1CC1)N1CC[C@@H](OCCCCc2ccc3c(n2)NCCC3)C1. The van der Waals surface area contributed by atoms with Crippen LogP contribution in [0, 0.1) is 11.7 Å². The van der Waals surface area contributed by atoms with Gasteiger partial charge in [-0.05, 0) is 92.2 Å². The number of nitrogens with zero attached hydrogens (tertiary/aromatic N) is 2. The van der Waals surface area contributed by atoms with Gasteiger partial charge in [-0.3, -0.25) is 9.69 Å². The minimum atomic E-state index is -0.971. The molecule has 8 heteroatoms. The van der Waals surface area contributed by atoms with Crippen molar-refractivity contribution in [2.24, 2.45) is 5.92 Å². The molecule has 0 radical (unpaired) electrons. The van der Waals surface area contributed by atoms with Crippen LogP contribution in [0.4, 0.5) is 10.2 Å². The van der Waals surface area contributed by atoms with Crippen LogP contribution in [0.3, 0.4) is 0 Å². The van der Waals surface area contributed by atoms with E-state index in [0.717, 1.165) is 62.1 Å². The van der Waals surface area contributed by atoms with Gasteiger partial charge in [-0.25, -0.2) is 9.37 Å². The summed E-state index contributed by atoms with van der Waals surface area (Å²) in [6, 6.07) is 7.80. The minimum Gasteiger partial charge on any atom is -0.480 e. The third-order valence-corrected chi connectivity index (χ3v) is 7.62. The number of halogens is 1. The standard InChI is InChI=1S/C29H38FN3O4/c30-23-10-8-22(19-36-18-20-6-7-20)26(16-23)27(29(34)35)33-14-12-25(17-33)37-15-2-1-5-24-11-9-21-4-3-13-31-28(21)32-24/h8-11,16,20,25,27H,1-7,12-15,17-19H2,(H,31,32)(H,34,35)/t25-,27+/m1/s1. The number of unbranched alkanes of at least 4 members (excludes halogenated alkanes) is 1. The van der Waals surface area contributed by atoms with Crippen molar-refractivity contribution in [3.8, 4) is 0 Å². The highest BCUT2D eigenvalue weighted by Gasteiger charge is 2.35. The number of pyridine rings is 1. The van der Waals surface area contributed by atoms with E-state index < -0.39 is 17.8 Å². The van der Waals surface area contributed by atoms with Crippen molar-refractivity contribution in [2.75, 3.05) is 38.2 Å². The Kier molecular flexibility index (Phi) is 8.69. The Morgan fingerprint density at radius 3 is 2.95 bits per heavy atom. The molecule has 0 bridgehead atoms. The number of carbonyl (C=O) groups is 1. The average Bonchev–Trinajstić information content (AvgIpc) is 3.61. The fourth-order valence-corrected chi connectivity index (χ4v) is 5.35. The topological polar surface area (TPSA) is 83.9 Å². The van der Waals surface area contributed by atoms with Gasteiger partial charge in [-0.1, -0.05) is 12.1 Å². The lowest BCUT2D eigenvalue weighted by Gasteiger charge is -2.26. The molecular weight excluding hydrogens is 473 g/mol. The highest BCUT2D eigenvalue weighted by molar-refractivity contribution is 5.76. The zero-order valence-electron chi connectivity index (χ0n) is 21.5. The number of likely N-dealkylation sites (tertiary alicyclic amines) is 1. The minimum absolute atomic E-state index is 0.0176. The normalized spacial score (nSPS) is 20.4. The second-order valence-corrected chi connectivity index (χ2v) is 10.6. The number of aromatic nitrogens is 1. The van der Waals surface area contributed by atoms with Gasteiger partial charge >= 0.3 is 5.97 Å². The molecule has 1 aliphatic carbocycles. The first-order valence-corrected chi connectivity index (χ1v) is 13.7. The van der Waals surface area contributed by atoms with Gasteiger partial charge < -0.3 is 19.9 Å². The predicted octanol–water partition coefficient (Wildman–Crippen LogP) is 4.74. The molecule has 1 aromatic heterocycles.